The lowest BCUT2D eigenvalue weighted by Gasteiger charge is -2.27. The van der Waals surface area contributed by atoms with Gasteiger partial charge in [-0.2, -0.15) is 5.10 Å². The first-order valence-electron chi connectivity index (χ1n) is 7.38. The molecule has 0 radical (unpaired) electrons. The van der Waals surface area contributed by atoms with Gasteiger partial charge in [-0.3, -0.25) is 0 Å². The quantitative estimate of drug-likeness (QED) is 0.728. The van der Waals surface area contributed by atoms with Crippen LogP contribution in [0.5, 0.6) is 0 Å². The molecular formula is C16H18N4S. The van der Waals surface area contributed by atoms with Gasteiger partial charge >= 0.3 is 0 Å². The molecule has 4 rings (SSSR count). The molecule has 108 valence electrons. The Kier molecular flexibility index (Phi) is 3.24. The molecule has 0 N–H and O–H groups in total. The van der Waals surface area contributed by atoms with Crippen LogP contribution in [0.1, 0.15) is 24.6 Å². The molecule has 1 atom stereocenters. The number of aromatic nitrogens is 3. The summed E-state index contributed by atoms with van der Waals surface area (Å²) in [6, 6.07) is 8.42. The first kappa shape index (κ1) is 13.0. The minimum atomic E-state index is 0.467. The Hall–Kier alpha value is -1.72. The monoisotopic (exact) mass is 298 g/mol. The summed E-state index contributed by atoms with van der Waals surface area (Å²) in [4.78, 5) is 8.36. The highest BCUT2D eigenvalue weighted by molar-refractivity contribution is 7.13. The molecule has 0 saturated carbocycles. The van der Waals surface area contributed by atoms with Crippen molar-refractivity contribution in [3.63, 3.8) is 0 Å². The molecule has 0 unspecified atom stereocenters. The highest BCUT2D eigenvalue weighted by Crippen LogP contribution is 2.27. The molecule has 21 heavy (non-hydrogen) atoms. The minimum Gasteiger partial charge on any atom is -0.306 e. The number of fused-ring (bicyclic) bond motifs is 1. The number of rotatable bonds is 2. The Morgan fingerprint density at radius 3 is 3.05 bits per heavy atom. The molecule has 0 aliphatic carbocycles. The summed E-state index contributed by atoms with van der Waals surface area (Å²) < 4.78 is 1.93. The Morgan fingerprint density at radius 2 is 2.24 bits per heavy atom. The molecule has 3 aromatic rings. The van der Waals surface area contributed by atoms with Crippen LogP contribution in [-0.2, 0) is 0 Å². The van der Waals surface area contributed by atoms with E-state index >= 15 is 0 Å². The summed E-state index contributed by atoms with van der Waals surface area (Å²) in [5.74, 6) is 1.46. The Bertz CT molecular complexity index is 747. The van der Waals surface area contributed by atoms with Crippen molar-refractivity contribution < 1.29 is 0 Å². The van der Waals surface area contributed by atoms with Gasteiger partial charge in [0.2, 0.25) is 0 Å². The maximum atomic E-state index is 4.72. The number of likely N-dealkylation sites (N-methyl/N-ethyl adjacent to an activating group) is 1. The molecule has 0 spiro atoms. The van der Waals surface area contributed by atoms with Crippen LogP contribution in [0, 0.1) is 0 Å². The van der Waals surface area contributed by atoms with Gasteiger partial charge in [-0.15, -0.1) is 11.3 Å². The van der Waals surface area contributed by atoms with Crippen molar-refractivity contribution in [1.29, 1.82) is 0 Å². The second kappa shape index (κ2) is 5.24. The van der Waals surface area contributed by atoms with Crippen LogP contribution in [0.25, 0.3) is 16.1 Å². The van der Waals surface area contributed by atoms with E-state index in [0.29, 0.717) is 5.92 Å². The van der Waals surface area contributed by atoms with Crippen molar-refractivity contribution in [3.05, 3.63) is 41.7 Å². The van der Waals surface area contributed by atoms with Crippen molar-refractivity contribution in [2.24, 2.45) is 0 Å². The highest BCUT2D eigenvalue weighted by Gasteiger charge is 2.22. The molecule has 4 heterocycles. The zero-order chi connectivity index (χ0) is 14.2. The second-order valence-corrected chi connectivity index (χ2v) is 6.72. The maximum absolute atomic E-state index is 4.72. The van der Waals surface area contributed by atoms with E-state index < -0.39 is 0 Å². The van der Waals surface area contributed by atoms with Gasteiger partial charge in [0.1, 0.15) is 0 Å². The summed E-state index contributed by atoms with van der Waals surface area (Å²) in [6.45, 7) is 2.25. The largest absolute Gasteiger partial charge is 0.306 e. The zero-order valence-corrected chi connectivity index (χ0v) is 12.9. The number of thiophene rings is 1. The Labute approximate surface area is 128 Å². The lowest BCUT2D eigenvalue weighted by molar-refractivity contribution is 0.246. The van der Waals surface area contributed by atoms with E-state index in [4.69, 9.17) is 10.1 Å². The van der Waals surface area contributed by atoms with E-state index in [9.17, 15) is 0 Å². The molecule has 5 heteroatoms. The van der Waals surface area contributed by atoms with Crippen LogP contribution in [0.4, 0.5) is 0 Å². The van der Waals surface area contributed by atoms with Crippen molar-refractivity contribution in [3.8, 4) is 10.4 Å². The SMILES string of the molecule is CN1CCC[C@H](c2nc3ccc(-c4cccs4)cn3n2)C1. The van der Waals surface area contributed by atoms with Crippen LogP contribution in [0.2, 0.25) is 0 Å². The lowest BCUT2D eigenvalue weighted by Crippen LogP contribution is -2.31. The molecule has 0 bridgehead atoms. The zero-order valence-electron chi connectivity index (χ0n) is 12.1. The van der Waals surface area contributed by atoms with Gasteiger partial charge in [-0.1, -0.05) is 6.07 Å². The van der Waals surface area contributed by atoms with Gasteiger partial charge in [-0.25, -0.2) is 9.50 Å². The standard InChI is InChI=1S/C16H18N4S/c1-19-8-2-4-13(10-19)16-17-15-7-6-12(11-20(15)18-16)14-5-3-9-21-14/h3,5-7,9,11,13H,2,4,8,10H2,1H3/t13-/m0/s1. The van der Waals surface area contributed by atoms with Gasteiger partial charge in [-0.05, 0) is 50.0 Å². The molecular weight excluding hydrogens is 280 g/mol. The Balaban J connectivity index is 1.69. The molecule has 1 aliphatic heterocycles. The van der Waals surface area contributed by atoms with Crippen molar-refractivity contribution in [2.45, 2.75) is 18.8 Å². The molecule has 1 saturated heterocycles. The number of hydrogen-bond acceptors (Lipinski definition) is 4. The molecule has 1 aliphatic rings. The van der Waals surface area contributed by atoms with Crippen molar-refractivity contribution >= 4 is 17.0 Å². The molecule has 3 aromatic heterocycles. The van der Waals surface area contributed by atoms with E-state index in [1.54, 1.807) is 11.3 Å². The predicted molar refractivity (Wildman–Crippen MR) is 85.8 cm³/mol. The smallest absolute Gasteiger partial charge is 0.156 e. The maximum Gasteiger partial charge on any atom is 0.156 e. The third-order valence-electron chi connectivity index (χ3n) is 4.14. The normalized spacial score (nSPS) is 20.1. The van der Waals surface area contributed by atoms with Gasteiger partial charge in [0, 0.05) is 29.1 Å². The summed E-state index contributed by atoms with van der Waals surface area (Å²) in [7, 11) is 2.18. The number of nitrogens with zero attached hydrogens (tertiary/aromatic N) is 4. The van der Waals surface area contributed by atoms with Gasteiger partial charge in [0.15, 0.2) is 11.5 Å². The predicted octanol–water partition coefficient (Wildman–Crippen LogP) is 3.27. The van der Waals surface area contributed by atoms with Crippen LogP contribution < -0.4 is 0 Å². The van der Waals surface area contributed by atoms with Crippen LogP contribution in [0.15, 0.2) is 35.8 Å². The summed E-state index contributed by atoms with van der Waals surface area (Å²) >= 11 is 1.75. The molecule has 0 aromatic carbocycles. The van der Waals surface area contributed by atoms with Crippen LogP contribution in [0.3, 0.4) is 0 Å². The molecule has 4 nitrogen and oxygen atoms in total. The van der Waals surface area contributed by atoms with E-state index in [1.807, 2.05) is 4.52 Å². The molecule has 0 amide bonds. The topological polar surface area (TPSA) is 33.4 Å². The van der Waals surface area contributed by atoms with E-state index in [1.165, 1.54) is 29.8 Å². The fourth-order valence-corrected chi connectivity index (χ4v) is 3.76. The van der Waals surface area contributed by atoms with Gasteiger partial charge in [0.05, 0.1) is 0 Å². The average molecular weight is 298 g/mol. The number of piperidine rings is 1. The van der Waals surface area contributed by atoms with E-state index in [2.05, 4.69) is 47.8 Å². The highest BCUT2D eigenvalue weighted by atomic mass is 32.1. The first-order valence-corrected chi connectivity index (χ1v) is 8.26. The number of hydrogen-bond donors (Lipinski definition) is 0. The van der Waals surface area contributed by atoms with Crippen LogP contribution >= 0.6 is 11.3 Å². The van der Waals surface area contributed by atoms with Gasteiger partial charge < -0.3 is 4.90 Å². The summed E-state index contributed by atoms with van der Waals surface area (Å²) in [5, 5.41) is 6.83. The average Bonchev–Trinajstić information content (AvgIpc) is 3.16. The summed E-state index contributed by atoms with van der Waals surface area (Å²) in [6.07, 6.45) is 4.51. The molecule has 1 fully saturated rings. The third-order valence-corrected chi connectivity index (χ3v) is 5.06. The lowest BCUT2D eigenvalue weighted by atomic mass is 9.98. The van der Waals surface area contributed by atoms with Crippen molar-refractivity contribution in [2.75, 3.05) is 20.1 Å². The first-order chi connectivity index (χ1) is 10.3. The van der Waals surface area contributed by atoms with Crippen LogP contribution in [-0.4, -0.2) is 39.6 Å². The summed E-state index contributed by atoms with van der Waals surface area (Å²) in [5.41, 5.74) is 2.15. The minimum absolute atomic E-state index is 0.467. The second-order valence-electron chi connectivity index (χ2n) is 5.77. The third kappa shape index (κ3) is 2.47. The number of pyridine rings is 1. The van der Waals surface area contributed by atoms with Gasteiger partial charge in [0.25, 0.3) is 0 Å². The fraction of sp³-hybridized carbons (Fsp3) is 0.375. The fourth-order valence-electron chi connectivity index (χ4n) is 3.04. The van der Waals surface area contributed by atoms with E-state index in [0.717, 1.165) is 18.0 Å². The van der Waals surface area contributed by atoms with E-state index in [-0.39, 0.29) is 0 Å². The van der Waals surface area contributed by atoms with Crippen molar-refractivity contribution in [1.82, 2.24) is 19.5 Å². The Morgan fingerprint density at radius 1 is 1.29 bits per heavy atom. The number of likely N-dealkylation sites (tertiary alicyclic amines) is 1.